The molecule has 5 nitrogen and oxygen atoms in total. The van der Waals surface area contributed by atoms with Crippen molar-refractivity contribution in [1.82, 2.24) is 14.9 Å². The van der Waals surface area contributed by atoms with Gasteiger partial charge in [0.25, 0.3) is 0 Å². The van der Waals surface area contributed by atoms with Crippen LogP contribution in [-0.4, -0.2) is 27.4 Å². The van der Waals surface area contributed by atoms with Gasteiger partial charge in [0.2, 0.25) is 0 Å². The fourth-order valence-corrected chi connectivity index (χ4v) is 2.77. The van der Waals surface area contributed by atoms with Crippen molar-refractivity contribution in [3.63, 3.8) is 0 Å². The van der Waals surface area contributed by atoms with Gasteiger partial charge < -0.3 is 0 Å². The second-order valence-corrected chi connectivity index (χ2v) is 5.44. The first-order valence-electron chi connectivity index (χ1n) is 6.51. The first-order chi connectivity index (χ1) is 10.2. The number of aryl methyl sites for hydroxylation is 1. The summed E-state index contributed by atoms with van der Waals surface area (Å²) in [5.41, 5.74) is 2.10. The van der Waals surface area contributed by atoms with Gasteiger partial charge in [-0.1, -0.05) is 12.2 Å². The third-order valence-corrected chi connectivity index (χ3v) is 3.96. The minimum Gasteiger partial charge on any atom is -0.297 e. The summed E-state index contributed by atoms with van der Waals surface area (Å²) in [5.74, 6) is 0.561. The number of carbonyl (C=O) groups is 1. The van der Waals surface area contributed by atoms with Gasteiger partial charge in [-0.2, -0.15) is 0 Å². The third kappa shape index (κ3) is 3.00. The lowest BCUT2D eigenvalue weighted by Gasteiger charge is -2.17. The first-order valence-corrected chi connectivity index (χ1v) is 7.39. The Hall–Kier alpha value is -2.47. The van der Waals surface area contributed by atoms with Crippen molar-refractivity contribution in [2.45, 2.75) is 6.92 Å². The zero-order valence-electron chi connectivity index (χ0n) is 11.5. The SMILES string of the molecule is Cc1ccncc1-c1nc(NC(=O)N2C=CC=CC2)cs1. The van der Waals surface area contributed by atoms with Crippen molar-refractivity contribution in [3.8, 4) is 10.6 Å². The average Bonchev–Trinajstić information content (AvgIpc) is 2.97. The number of nitrogens with zero attached hydrogens (tertiary/aromatic N) is 3. The average molecular weight is 298 g/mol. The second-order valence-electron chi connectivity index (χ2n) is 4.58. The fourth-order valence-electron chi connectivity index (χ4n) is 1.94. The number of aromatic nitrogens is 2. The summed E-state index contributed by atoms with van der Waals surface area (Å²) in [6, 6.07) is 1.76. The number of rotatable bonds is 2. The highest BCUT2D eigenvalue weighted by Gasteiger charge is 2.13. The Labute approximate surface area is 126 Å². The van der Waals surface area contributed by atoms with Crippen molar-refractivity contribution in [2.24, 2.45) is 0 Å². The molecule has 0 radical (unpaired) electrons. The van der Waals surface area contributed by atoms with Gasteiger partial charge >= 0.3 is 6.03 Å². The number of nitrogens with one attached hydrogen (secondary N) is 1. The highest BCUT2D eigenvalue weighted by molar-refractivity contribution is 7.13. The molecule has 2 amide bonds. The molecule has 21 heavy (non-hydrogen) atoms. The predicted molar refractivity (Wildman–Crippen MR) is 84.1 cm³/mol. The number of allylic oxidation sites excluding steroid dienone is 2. The number of thiazole rings is 1. The zero-order chi connectivity index (χ0) is 14.7. The molecule has 0 aromatic carbocycles. The number of hydrogen-bond acceptors (Lipinski definition) is 4. The van der Waals surface area contributed by atoms with E-state index < -0.39 is 0 Å². The minimum atomic E-state index is -0.185. The number of carbonyl (C=O) groups excluding carboxylic acids is 1. The Bertz CT molecular complexity index is 720. The molecule has 2 aromatic heterocycles. The highest BCUT2D eigenvalue weighted by Crippen LogP contribution is 2.27. The van der Waals surface area contributed by atoms with Gasteiger partial charge in [0, 0.05) is 36.1 Å². The van der Waals surface area contributed by atoms with Crippen LogP contribution in [0.25, 0.3) is 10.6 Å². The van der Waals surface area contributed by atoms with Crippen LogP contribution in [0.2, 0.25) is 0 Å². The molecule has 0 aliphatic carbocycles. The summed E-state index contributed by atoms with van der Waals surface area (Å²) in [6.45, 7) is 2.59. The van der Waals surface area contributed by atoms with Crippen LogP contribution < -0.4 is 5.32 Å². The van der Waals surface area contributed by atoms with Crippen molar-refractivity contribution in [2.75, 3.05) is 11.9 Å². The lowest BCUT2D eigenvalue weighted by atomic mass is 10.2. The van der Waals surface area contributed by atoms with E-state index in [0.29, 0.717) is 12.4 Å². The molecule has 3 heterocycles. The van der Waals surface area contributed by atoms with Crippen molar-refractivity contribution in [1.29, 1.82) is 0 Å². The Balaban J connectivity index is 1.74. The maximum absolute atomic E-state index is 12.1. The summed E-state index contributed by atoms with van der Waals surface area (Å²) >= 11 is 1.49. The summed E-state index contributed by atoms with van der Waals surface area (Å²) in [5, 5.41) is 5.49. The molecule has 1 aliphatic rings. The van der Waals surface area contributed by atoms with Gasteiger partial charge in [0.15, 0.2) is 0 Å². The molecule has 2 aromatic rings. The van der Waals surface area contributed by atoms with Crippen molar-refractivity contribution in [3.05, 3.63) is 53.8 Å². The summed E-state index contributed by atoms with van der Waals surface area (Å²) < 4.78 is 0. The standard InChI is InChI=1S/C15H14N4OS/c1-11-5-6-16-9-12(11)14-17-13(10-21-14)18-15(20)19-7-3-2-4-8-19/h2-7,9-10H,8H2,1H3,(H,18,20). The van der Waals surface area contributed by atoms with E-state index in [1.54, 1.807) is 23.5 Å². The molecule has 0 spiro atoms. The van der Waals surface area contributed by atoms with E-state index in [-0.39, 0.29) is 6.03 Å². The van der Waals surface area contributed by atoms with Crippen LogP contribution in [0.3, 0.4) is 0 Å². The minimum absolute atomic E-state index is 0.185. The first kappa shape index (κ1) is 13.5. The van der Waals surface area contributed by atoms with Gasteiger partial charge in [0.1, 0.15) is 10.8 Å². The van der Waals surface area contributed by atoms with Crippen LogP contribution in [0.15, 0.2) is 48.3 Å². The van der Waals surface area contributed by atoms with Crippen molar-refractivity contribution >= 4 is 23.2 Å². The largest absolute Gasteiger partial charge is 0.327 e. The molecule has 0 unspecified atom stereocenters. The number of anilines is 1. The topological polar surface area (TPSA) is 58.1 Å². The van der Waals surface area contributed by atoms with E-state index >= 15 is 0 Å². The third-order valence-electron chi connectivity index (χ3n) is 3.08. The molecule has 6 heteroatoms. The summed E-state index contributed by atoms with van der Waals surface area (Å²) in [4.78, 5) is 22.2. The molecule has 0 saturated heterocycles. The summed E-state index contributed by atoms with van der Waals surface area (Å²) in [7, 11) is 0. The molecule has 3 rings (SSSR count). The molecular formula is C15H14N4OS. The fraction of sp³-hybridized carbons (Fsp3) is 0.133. The zero-order valence-corrected chi connectivity index (χ0v) is 12.3. The van der Waals surface area contributed by atoms with E-state index in [4.69, 9.17) is 0 Å². The van der Waals surface area contributed by atoms with Gasteiger partial charge in [0.05, 0.1) is 0 Å². The van der Waals surface area contributed by atoms with E-state index in [1.165, 1.54) is 11.3 Å². The second kappa shape index (κ2) is 5.88. The Kier molecular flexibility index (Phi) is 3.79. The number of hydrogen-bond donors (Lipinski definition) is 1. The Morgan fingerprint density at radius 3 is 3.10 bits per heavy atom. The quantitative estimate of drug-likeness (QED) is 0.924. The van der Waals surface area contributed by atoms with Gasteiger partial charge in [-0.15, -0.1) is 11.3 Å². The van der Waals surface area contributed by atoms with E-state index in [1.807, 2.05) is 36.6 Å². The van der Waals surface area contributed by atoms with Crippen LogP contribution in [0.4, 0.5) is 10.6 Å². The highest BCUT2D eigenvalue weighted by atomic mass is 32.1. The molecule has 0 saturated carbocycles. The molecule has 0 fully saturated rings. The summed E-state index contributed by atoms with van der Waals surface area (Å²) in [6.07, 6.45) is 11.0. The molecule has 1 N–H and O–H groups in total. The molecule has 1 aliphatic heterocycles. The monoisotopic (exact) mass is 298 g/mol. The van der Waals surface area contributed by atoms with Crippen LogP contribution in [0.5, 0.6) is 0 Å². The van der Waals surface area contributed by atoms with Gasteiger partial charge in [-0.3, -0.25) is 15.2 Å². The Morgan fingerprint density at radius 1 is 1.43 bits per heavy atom. The van der Waals surface area contributed by atoms with E-state index in [9.17, 15) is 4.79 Å². The number of pyridine rings is 1. The number of amides is 2. The Morgan fingerprint density at radius 2 is 2.33 bits per heavy atom. The van der Waals surface area contributed by atoms with Gasteiger partial charge in [-0.05, 0) is 24.6 Å². The number of urea groups is 1. The molecule has 0 atom stereocenters. The maximum atomic E-state index is 12.1. The van der Waals surface area contributed by atoms with Gasteiger partial charge in [-0.25, -0.2) is 9.78 Å². The van der Waals surface area contributed by atoms with Crippen LogP contribution in [0, 0.1) is 6.92 Å². The predicted octanol–water partition coefficient (Wildman–Crippen LogP) is 3.43. The molecule has 106 valence electrons. The molecule has 0 bridgehead atoms. The normalized spacial score (nSPS) is 13.5. The van der Waals surface area contributed by atoms with E-state index in [2.05, 4.69) is 15.3 Å². The van der Waals surface area contributed by atoms with E-state index in [0.717, 1.165) is 16.1 Å². The lowest BCUT2D eigenvalue weighted by Crippen LogP contribution is -2.31. The smallest absolute Gasteiger partial charge is 0.297 e. The van der Waals surface area contributed by atoms with Crippen LogP contribution in [0.1, 0.15) is 5.56 Å². The lowest BCUT2D eigenvalue weighted by molar-refractivity contribution is 0.231. The van der Waals surface area contributed by atoms with Crippen molar-refractivity contribution < 1.29 is 4.79 Å². The maximum Gasteiger partial charge on any atom is 0.327 e. The van der Waals surface area contributed by atoms with Crippen LogP contribution in [-0.2, 0) is 0 Å². The van der Waals surface area contributed by atoms with Crippen LogP contribution >= 0.6 is 11.3 Å². The molecular weight excluding hydrogens is 284 g/mol.